The Kier molecular flexibility index (Phi) is 7.18. The zero-order chi connectivity index (χ0) is 17.0. The molecule has 0 bridgehead atoms. The molecule has 1 saturated heterocycles. The largest absolute Gasteiger partial charge is 0.389 e. The first-order valence-corrected chi connectivity index (χ1v) is 8.36. The number of hydrogen-bond acceptors (Lipinski definition) is 8. The van der Waals surface area contributed by atoms with Crippen molar-refractivity contribution >= 4 is 0 Å². The van der Waals surface area contributed by atoms with Crippen LogP contribution in [0, 0.1) is 0 Å². The van der Waals surface area contributed by atoms with Crippen LogP contribution in [0.3, 0.4) is 0 Å². The molecule has 2 rings (SSSR count). The van der Waals surface area contributed by atoms with Crippen LogP contribution < -0.4 is 22.1 Å². The zero-order valence-corrected chi connectivity index (χ0v) is 14.3. The third-order valence-electron chi connectivity index (χ3n) is 4.89. The van der Waals surface area contributed by atoms with Gasteiger partial charge in [0.15, 0.2) is 6.29 Å². The first-order chi connectivity index (χ1) is 11.0. The van der Waals surface area contributed by atoms with E-state index in [2.05, 4.69) is 10.6 Å². The van der Waals surface area contributed by atoms with Crippen LogP contribution in [0.2, 0.25) is 0 Å². The standard InChI is InChI=1S/C15H32N4O4/c1-18-7-8-4-5-9(16)15(22-8)23-14-10(17)6-11(21-3)12(19-2)13(14)20/h8-15,18-20H,4-7,16-17H2,1-3H3/t8-,9+,10-,11+,12-,13+,14+,15-/m1/s1. The Morgan fingerprint density at radius 1 is 1.22 bits per heavy atom. The molecule has 8 nitrogen and oxygen atoms in total. The van der Waals surface area contributed by atoms with Crippen LogP contribution in [-0.4, -0.2) is 81.7 Å². The predicted octanol–water partition coefficient (Wildman–Crippen LogP) is -1.88. The van der Waals surface area contributed by atoms with Crippen molar-refractivity contribution in [2.24, 2.45) is 11.5 Å². The molecular weight excluding hydrogens is 300 g/mol. The van der Waals surface area contributed by atoms with E-state index in [4.69, 9.17) is 25.7 Å². The van der Waals surface area contributed by atoms with E-state index < -0.39 is 18.5 Å². The zero-order valence-electron chi connectivity index (χ0n) is 14.3. The number of methoxy groups -OCH3 is 1. The number of nitrogens with one attached hydrogen (secondary N) is 2. The van der Waals surface area contributed by atoms with Gasteiger partial charge in [-0.2, -0.15) is 0 Å². The minimum Gasteiger partial charge on any atom is -0.389 e. The molecule has 0 radical (unpaired) electrons. The number of nitrogens with two attached hydrogens (primary N) is 2. The second-order valence-corrected chi connectivity index (χ2v) is 6.50. The van der Waals surface area contributed by atoms with Gasteiger partial charge in [-0.1, -0.05) is 0 Å². The first-order valence-electron chi connectivity index (χ1n) is 8.36. The molecular formula is C15H32N4O4. The summed E-state index contributed by atoms with van der Waals surface area (Å²) in [5.41, 5.74) is 12.3. The molecule has 1 heterocycles. The van der Waals surface area contributed by atoms with E-state index in [0.29, 0.717) is 6.42 Å². The summed E-state index contributed by atoms with van der Waals surface area (Å²) in [6, 6.07) is -0.784. The average Bonchev–Trinajstić information content (AvgIpc) is 2.53. The summed E-state index contributed by atoms with van der Waals surface area (Å²) >= 11 is 0. The molecule has 0 aromatic carbocycles. The third-order valence-corrected chi connectivity index (χ3v) is 4.89. The van der Waals surface area contributed by atoms with Gasteiger partial charge >= 0.3 is 0 Å². The van der Waals surface area contributed by atoms with Crippen molar-refractivity contribution in [1.29, 1.82) is 0 Å². The predicted molar refractivity (Wildman–Crippen MR) is 86.9 cm³/mol. The smallest absolute Gasteiger partial charge is 0.173 e. The van der Waals surface area contributed by atoms with Crippen LogP contribution in [0.5, 0.6) is 0 Å². The van der Waals surface area contributed by atoms with E-state index in [-0.39, 0.29) is 30.3 Å². The second-order valence-electron chi connectivity index (χ2n) is 6.50. The van der Waals surface area contributed by atoms with E-state index in [1.807, 2.05) is 7.05 Å². The van der Waals surface area contributed by atoms with Crippen molar-refractivity contribution in [3.05, 3.63) is 0 Å². The van der Waals surface area contributed by atoms with Crippen LogP contribution in [0.25, 0.3) is 0 Å². The number of aliphatic hydroxyl groups is 1. The van der Waals surface area contributed by atoms with Crippen LogP contribution in [0.4, 0.5) is 0 Å². The van der Waals surface area contributed by atoms with Gasteiger partial charge in [0.05, 0.1) is 30.4 Å². The molecule has 1 aliphatic heterocycles. The minimum absolute atomic E-state index is 0.0635. The second kappa shape index (κ2) is 8.68. The normalized spacial score (nSPS) is 45.1. The van der Waals surface area contributed by atoms with Gasteiger partial charge in [-0.05, 0) is 33.4 Å². The molecule has 8 atom stereocenters. The van der Waals surface area contributed by atoms with E-state index in [1.165, 1.54) is 0 Å². The van der Waals surface area contributed by atoms with Gasteiger partial charge in [-0.3, -0.25) is 0 Å². The maximum Gasteiger partial charge on any atom is 0.173 e. The molecule has 2 aliphatic rings. The van der Waals surface area contributed by atoms with Gasteiger partial charge in [0.1, 0.15) is 6.10 Å². The lowest BCUT2D eigenvalue weighted by molar-refractivity contribution is -0.250. The Bertz CT molecular complexity index is 362. The van der Waals surface area contributed by atoms with E-state index >= 15 is 0 Å². The maximum atomic E-state index is 10.6. The van der Waals surface area contributed by atoms with Crippen molar-refractivity contribution in [3.63, 3.8) is 0 Å². The Morgan fingerprint density at radius 2 is 1.96 bits per heavy atom. The average molecular weight is 332 g/mol. The van der Waals surface area contributed by atoms with Gasteiger partial charge < -0.3 is 41.4 Å². The summed E-state index contributed by atoms with van der Waals surface area (Å²) in [5, 5.41) is 16.8. The Hall–Kier alpha value is -0.320. The number of hydrogen-bond donors (Lipinski definition) is 5. The van der Waals surface area contributed by atoms with Gasteiger partial charge in [0.25, 0.3) is 0 Å². The van der Waals surface area contributed by atoms with Crippen molar-refractivity contribution in [3.8, 4) is 0 Å². The van der Waals surface area contributed by atoms with Gasteiger partial charge in [0, 0.05) is 19.7 Å². The Labute approximate surface area is 138 Å². The van der Waals surface area contributed by atoms with E-state index in [0.717, 1.165) is 19.4 Å². The summed E-state index contributed by atoms with van der Waals surface area (Å²) in [4.78, 5) is 0. The number of rotatable bonds is 6. The fraction of sp³-hybridized carbons (Fsp3) is 1.00. The van der Waals surface area contributed by atoms with Crippen LogP contribution in [0.1, 0.15) is 19.3 Å². The monoisotopic (exact) mass is 332 g/mol. The molecule has 1 aliphatic carbocycles. The molecule has 23 heavy (non-hydrogen) atoms. The summed E-state index contributed by atoms with van der Waals surface area (Å²) in [5.74, 6) is 0. The molecule has 136 valence electrons. The SMILES string of the molecule is CNC[C@H]1CC[C@H](N)[C@@H](O[C@@H]2[C@@H](O)[C@H](NC)[C@@H](OC)C[C@H]2N)O1. The fourth-order valence-corrected chi connectivity index (χ4v) is 3.55. The lowest BCUT2D eigenvalue weighted by Gasteiger charge is -2.45. The van der Waals surface area contributed by atoms with Crippen molar-refractivity contribution in [2.75, 3.05) is 27.7 Å². The Balaban J connectivity index is 2.02. The highest BCUT2D eigenvalue weighted by Crippen LogP contribution is 2.27. The third kappa shape index (κ3) is 4.40. The topological polar surface area (TPSA) is 124 Å². The van der Waals surface area contributed by atoms with E-state index in [1.54, 1.807) is 14.2 Å². The van der Waals surface area contributed by atoms with Crippen molar-refractivity contribution in [1.82, 2.24) is 10.6 Å². The molecule has 0 spiro atoms. The highest BCUT2D eigenvalue weighted by Gasteiger charge is 2.45. The number of aliphatic hydroxyl groups excluding tert-OH is 1. The molecule has 2 fully saturated rings. The van der Waals surface area contributed by atoms with E-state index in [9.17, 15) is 5.11 Å². The van der Waals surface area contributed by atoms with Crippen LogP contribution in [0.15, 0.2) is 0 Å². The minimum atomic E-state index is -0.783. The van der Waals surface area contributed by atoms with Gasteiger partial charge in [-0.25, -0.2) is 0 Å². The quantitative estimate of drug-likeness (QED) is 0.383. The van der Waals surface area contributed by atoms with Crippen molar-refractivity contribution < 1.29 is 19.3 Å². The highest BCUT2D eigenvalue weighted by molar-refractivity contribution is 5.00. The molecule has 8 heteroatoms. The molecule has 7 N–H and O–H groups in total. The van der Waals surface area contributed by atoms with Crippen LogP contribution in [-0.2, 0) is 14.2 Å². The fourth-order valence-electron chi connectivity index (χ4n) is 3.55. The van der Waals surface area contributed by atoms with Gasteiger partial charge in [0.2, 0.25) is 0 Å². The summed E-state index contributed by atoms with van der Waals surface area (Å²) < 4.78 is 17.4. The molecule has 0 aromatic heterocycles. The summed E-state index contributed by atoms with van der Waals surface area (Å²) in [6.45, 7) is 0.747. The van der Waals surface area contributed by atoms with Crippen molar-refractivity contribution in [2.45, 2.75) is 68.1 Å². The first kappa shape index (κ1) is 19.0. The summed E-state index contributed by atoms with van der Waals surface area (Å²) in [7, 11) is 5.30. The Morgan fingerprint density at radius 3 is 2.57 bits per heavy atom. The lowest BCUT2D eigenvalue weighted by atomic mass is 9.84. The number of ether oxygens (including phenoxy) is 3. The molecule has 1 saturated carbocycles. The lowest BCUT2D eigenvalue weighted by Crippen LogP contribution is -2.65. The molecule has 0 amide bonds. The van der Waals surface area contributed by atoms with Gasteiger partial charge in [-0.15, -0.1) is 0 Å². The molecule has 0 aromatic rings. The van der Waals surface area contributed by atoms with Crippen LogP contribution >= 0.6 is 0 Å². The maximum absolute atomic E-state index is 10.6. The molecule has 0 unspecified atom stereocenters. The highest BCUT2D eigenvalue weighted by atomic mass is 16.7. The summed E-state index contributed by atoms with van der Waals surface area (Å²) in [6.07, 6.45) is 0.362. The number of likely N-dealkylation sites (N-methyl/N-ethyl adjacent to an activating group) is 2.